The van der Waals surface area contributed by atoms with Gasteiger partial charge in [0.1, 0.15) is 0 Å². The molecule has 0 aromatic carbocycles. The van der Waals surface area contributed by atoms with Gasteiger partial charge in [-0.2, -0.15) is 52.1 Å². The lowest BCUT2D eigenvalue weighted by Gasteiger charge is -2.33. The zero-order valence-corrected chi connectivity index (χ0v) is 10.5. The summed E-state index contributed by atoms with van der Waals surface area (Å²) in [4.78, 5) is 0. The van der Waals surface area contributed by atoms with Crippen LogP contribution in [0.5, 0.6) is 0 Å². The molecule has 20 heavy (non-hydrogen) atoms. The lowest BCUT2D eigenvalue weighted by atomic mass is 9.87. The first-order valence-electron chi connectivity index (χ1n) is 5.16. The Kier molecular flexibility index (Phi) is 6.08. The van der Waals surface area contributed by atoms with Crippen LogP contribution in [-0.4, -0.2) is 30.0 Å². The van der Waals surface area contributed by atoms with E-state index in [-0.39, 0.29) is 12.2 Å². The van der Waals surface area contributed by atoms with Crippen molar-refractivity contribution < 1.29 is 43.9 Å². The molecule has 0 spiro atoms. The maximum absolute atomic E-state index is 13.2. The Morgan fingerprint density at radius 3 is 1.40 bits per heavy atom. The Morgan fingerprint density at radius 2 is 1.15 bits per heavy atom. The average molecular weight is 340 g/mol. The van der Waals surface area contributed by atoms with E-state index in [0.717, 1.165) is 0 Å². The van der Waals surface area contributed by atoms with Gasteiger partial charge in [-0.25, -0.2) is 4.39 Å². The van der Waals surface area contributed by atoms with Crippen molar-refractivity contribution in [1.29, 1.82) is 0 Å². The summed E-state index contributed by atoms with van der Waals surface area (Å²) in [6, 6.07) is 0. The van der Waals surface area contributed by atoms with Crippen LogP contribution in [0.2, 0.25) is 0 Å². The number of alkyl halides is 10. The van der Waals surface area contributed by atoms with Crippen LogP contribution >= 0.6 is 12.6 Å². The van der Waals surface area contributed by atoms with Gasteiger partial charge in [0.15, 0.2) is 0 Å². The quantitative estimate of drug-likeness (QED) is 0.523. The van der Waals surface area contributed by atoms with E-state index in [1.165, 1.54) is 0 Å². The first-order chi connectivity index (χ1) is 8.67. The second-order valence-corrected chi connectivity index (χ2v) is 4.55. The first-order valence-corrected chi connectivity index (χ1v) is 5.80. The molecule has 0 heterocycles. The normalized spacial score (nSPS) is 16.4. The Balaban J connectivity index is 5.42. The molecule has 0 nitrogen and oxygen atoms in total. The highest BCUT2D eigenvalue weighted by atomic mass is 32.1. The van der Waals surface area contributed by atoms with E-state index < -0.39 is 43.0 Å². The predicted octanol–water partition coefficient (Wildman–Crippen LogP) is 5.10. The molecule has 0 saturated carbocycles. The summed E-state index contributed by atoms with van der Waals surface area (Å²) in [6.07, 6.45) is -22.5. The number of thiol groups is 1. The van der Waals surface area contributed by atoms with Gasteiger partial charge in [-0.15, -0.1) is 0 Å². The van der Waals surface area contributed by atoms with Crippen molar-refractivity contribution in [3.05, 3.63) is 0 Å². The van der Waals surface area contributed by atoms with Crippen LogP contribution in [0.4, 0.5) is 43.9 Å². The highest BCUT2D eigenvalue weighted by Gasteiger charge is 2.73. The van der Waals surface area contributed by atoms with Crippen LogP contribution in [0.3, 0.4) is 0 Å². The summed E-state index contributed by atoms with van der Waals surface area (Å²) in [5.74, 6) is -3.23. The van der Waals surface area contributed by atoms with Gasteiger partial charge in [-0.05, 0) is 18.6 Å². The SMILES string of the molecule is FC(F)(F)C(CCCS)CC(F)(C(F)(F)F)C(F)(F)F. The summed E-state index contributed by atoms with van der Waals surface area (Å²) in [5, 5.41) is 0. The minimum atomic E-state index is -6.48. The molecule has 0 aliphatic carbocycles. The van der Waals surface area contributed by atoms with Gasteiger partial charge in [0.25, 0.3) is 5.67 Å². The molecule has 0 aromatic rings. The molecule has 1 atom stereocenters. The van der Waals surface area contributed by atoms with Crippen LogP contribution in [-0.2, 0) is 0 Å². The smallest absolute Gasteiger partial charge is 0.224 e. The molecule has 122 valence electrons. The lowest BCUT2D eigenvalue weighted by Crippen LogP contribution is -2.55. The van der Waals surface area contributed by atoms with Gasteiger partial charge < -0.3 is 0 Å². The third-order valence-electron chi connectivity index (χ3n) is 2.60. The third-order valence-corrected chi connectivity index (χ3v) is 2.92. The molecule has 0 saturated heterocycles. The van der Waals surface area contributed by atoms with Crippen molar-refractivity contribution in [1.82, 2.24) is 0 Å². The third kappa shape index (κ3) is 4.59. The molecule has 0 rings (SSSR count). The minimum absolute atomic E-state index is 0.177. The molecule has 0 aromatic heterocycles. The summed E-state index contributed by atoms with van der Waals surface area (Å²) in [6.45, 7) is 0. The Bertz CT molecular complexity index is 287. The molecule has 0 aliphatic heterocycles. The lowest BCUT2D eigenvalue weighted by molar-refractivity contribution is -0.352. The number of hydrogen-bond donors (Lipinski definition) is 1. The molecule has 0 radical (unpaired) electrons. The zero-order valence-electron chi connectivity index (χ0n) is 9.63. The number of halogens is 10. The Labute approximate surface area is 112 Å². The first kappa shape index (κ1) is 19.7. The van der Waals surface area contributed by atoms with E-state index in [0.29, 0.717) is 0 Å². The molecule has 0 aliphatic rings. The van der Waals surface area contributed by atoms with Crippen molar-refractivity contribution in [3.63, 3.8) is 0 Å². The predicted molar refractivity (Wildman–Crippen MR) is 53.2 cm³/mol. The fourth-order valence-electron chi connectivity index (χ4n) is 1.45. The van der Waals surface area contributed by atoms with Crippen molar-refractivity contribution >= 4 is 12.6 Å². The zero-order chi connectivity index (χ0) is 16.4. The van der Waals surface area contributed by atoms with Crippen molar-refractivity contribution in [2.24, 2.45) is 5.92 Å². The van der Waals surface area contributed by atoms with Crippen LogP contribution in [0, 0.1) is 5.92 Å². The Hall–Kier alpha value is -0.350. The molecule has 11 heteroatoms. The number of rotatable bonds is 5. The fraction of sp³-hybridized carbons (Fsp3) is 1.00. The summed E-state index contributed by atoms with van der Waals surface area (Å²) in [7, 11) is 0. The summed E-state index contributed by atoms with van der Waals surface area (Å²) in [5.41, 5.74) is -5.89. The van der Waals surface area contributed by atoms with E-state index in [9.17, 15) is 43.9 Å². The van der Waals surface area contributed by atoms with Gasteiger partial charge in [0.2, 0.25) is 0 Å². The van der Waals surface area contributed by atoms with E-state index in [1.54, 1.807) is 0 Å². The monoisotopic (exact) mass is 340 g/mol. The van der Waals surface area contributed by atoms with Crippen molar-refractivity contribution in [2.75, 3.05) is 5.75 Å². The highest BCUT2D eigenvalue weighted by Crippen LogP contribution is 2.52. The van der Waals surface area contributed by atoms with E-state index >= 15 is 0 Å². The molecular weight excluding hydrogens is 330 g/mol. The molecule has 1 unspecified atom stereocenters. The summed E-state index contributed by atoms with van der Waals surface area (Å²) < 4.78 is 124. The van der Waals surface area contributed by atoms with Crippen LogP contribution in [0.1, 0.15) is 19.3 Å². The summed E-state index contributed by atoms with van der Waals surface area (Å²) >= 11 is 3.51. The van der Waals surface area contributed by atoms with Gasteiger partial charge in [-0.1, -0.05) is 0 Å². The standard InChI is InChI=1S/C9H10F10S/c10-6(8(14,15)16,9(17,18)19)4-5(2-1-3-20)7(11,12)13/h5,20H,1-4H2. The van der Waals surface area contributed by atoms with Gasteiger partial charge in [0.05, 0.1) is 5.92 Å². The molecule has 0 N–H and O–H groups in total. The Morgan fingerprint density at radius 1 is 0.750 bits per heavy atom. The van der Waals surface area contributed by atoms with Crippen molar-refractivity contribution in [3.8, 4) is 0 Å². The largest absolute Gasteiger partial charge is 0.431 e. The average Bonchev–Trinajstić information content (AvgIpc) is 2.18. The maximum Gasteiger partial charge on any atom is 0.431 e. The number of hydrogen-bond acceptors (Lipinski definition) is 1. The second kappa shape index (κ2) is 6.18. The van der Waals surface area contributed by atoms with Crippen LogP contribution in [0.25, 0.3) is 0 Å². The molecule has 0 bridgehead atoms. The molecular formula is C9H10F10S. The van der Waals surface area contributed by atoms with E-state index in [2.05, 4.69) is 12.6 Å². The van der Waals surface area contributed by atoms with Crippen LogP contribution < -0.4 is 0 Å². The topological polar surface area (TPSA) is 0 Å². The second-order valence-electron chi connectivity index (χ2n) is 4.11. The van der Waals surface area contributed by atoms with E-state index in [1.807, 2.05) is 0 Å². The van der Waals surface area contributed by atoms with Gasteiger partial charge in [-0.3, -0.25) is 0 Å². The molecule has 0 amide bonds. The van der Waals surface area contributed by atoms with Crippen LogP contribution in [0.15, 0.2) is 0 Å². The highest BCUT2D eigenvalue weighted by molar-refractivity contribution is 7.80. The minimum Gasteiger partial charge on any atom is -0.224 e. The maximum atomic E-state index is 13.2. The molecule has 0 fully saturated rings. The van der Waals surface area contributed by atoms with Gasteiger partial charge >= 0.3 is 18.5 Å². The van der Waals surface area contributed by atoms with E-state index in [4.69, 9.17) is 0 Å². The van der Waals surface area contributed by atoms with Crippen molar-refractivity contribution in [2.45, 2.75) is 43.5 Å². The fourth-order valence-corrected chi connectivity index (χ4v) is 1.63. The van der Waals surface area contributed by atoms with Gasteiger partial charge in [0, 0.05) is 6.42 Å².